The van der Waals surface area contributed by atoms with Gasteiger partial charge in [-0.2, -0.15) is 0 Å². The molecule has 1 aliphatic heterocycles. The Morgan fingerprint density at radius 2 is 2.33 bits per heavy atom. The zero-order valence-electron chi connectivity index (χ0n) is 7.29. The molecule has 2 N–H and O–H groups in total. The van der Waals surface area contributed by atoms with Crippen molar-refractivity contribution in [2.24, 2.45) is 0 Å². The maximum absolute atomic E-state index is 11.0. The first-order chi connectivity index (χ1) is 5.66. The van der Waals surface area contributed by atoms with Crippen molar-refractivity contribution in [1.29, 1.82) is 0 Å². The number of rotatable bonds is 0. The number of hydrogen-bond donors (Lipinski definition) is 2. The highest BCUT2D eigenvalue weighted by molar-refractivity contribution is 5.37. The van der Waals surface area contributed by atoms with Crippen LogP contribution in [0.15, 0.2) is 10.9 Å². The Hall–Kier alpha value is -1.19. The fraction of sp³-hybridized carbons (Fsp3) is 0.625. The van der Waals surface area contributed by atoms with E-state index in [-0.39, 0.29) is 5.56 Å². The van der Waals surface area contributed by atoms with E-state index in [1.807, 2.05) is 4.68 Å². The highest BCUT2D eigenvalue weighted by Crippen LogP contribution is 2.23. The van der Waals surface area contributed by atoms with Crippen molar-refractivity contribution in [3.63, 3.8) is 0 Å². The van der Waals surface area contributed by atoms with E-state index in [1.165, 1.54) is 0 Å². The van der Waals surface area contributed by atoms with Gasteiger partial charge in [0.1, 0.15) is 5.82 Å². The molecule has 0 aliphatic carbocycles. The third kappa shape index (κ3) is 1.03. The van der Waals surface area contributed by atoms with E-state index in [0.29, 0.717) is 12.1 Å². The van der Waals surface area contributed by atoms with Crippen LogP contribution in [0.2, 0.25) is 0 Å². The van der Waals surface area contributed by atoms with Crippen LogP contribution < -0.4 is 10.9 Å². The zero-order chi connectivity index (χ0) is 8.72. The smallest absolute Gasteiger partial charge is 0.266 e. The van der Waals surface area contributed by atoms with Gasteiger partial charge in [-0.1, -0.05) is 0 Å². The molecule has 0 radical (unpaired) electrons. The number of aromatic nitrogens is 2. The van der Waals surface area contributed by atoms with Gasteiger partial charge in [0.25, 0.3) is 5.56 Å². The predicted molar refractivity (Wildman–Crippen MR) is 47.5 cm³/mol. The third-order valence-corrected chi connectivity index (χ3v) is 2.29. The van der Waals surface area contributed by atoms with Gasteiger partial charge in [0.05, 0.1) is 6.04 Å². The van der Waals surface area contributed by atoms with Gasteiger partial charge in [0.15, 0.2) is 0 Å². The summed E-state index contributed by atoms with van der Waals surface area (Å²) in [6, 6.07) is 2.45. The molecule has 1 aromatic rings. The lowest BCUT2D eigenvalue weighted by Gasteiger charge is -2.28. The van der Waals surface area contributed by atoms with Gasteiger partial charge >= 0.3 is 0 Å². The minimum Gasteiger partial charge on any atom is -0.368 e. The molecule has 0 saturated carbocycles. The van der Waals surface area contributed by atoms with Gasteiger partial charge in [0, 0.05) is 12.1 Å². The van der Waals surface area contributed by atoms with Gasteiger partial charge in [-0.3, -0.25) is 14.6 Å². The summed E-state index contributed by atoms with van der Waals surface area (Å²) >= 11 is 0. The van der Waals surface area contributed by atoms with Crippen molar-refractivity contribution in [2.75, 3.05) is 5.32 Å². The predicted octanol–water partition coefficient (Wildman–Crippen LogP) is 0.942. The van der Waals surface area contributed by atoms with Crippen LogP contribution in [0.3, 0.4) is 0 Å². The van der Waals surface area contributed by atoms with Gasteiger partial charge in [-0.15, -0.1) is 0 Å². The molecular formula is C8H13N3O. The molecular weight excluding hydrogens is 154 g/mol. The van der Waals surface area contributed by atoms with Crippen LogP contribution in [0, 0.1) is 0 Å². The minimum absolute atomic E-state index is 0.0292. The molecule has 12 heavy (non-hydrogen) atoms. The van der Waals surface area contributed by atoms with Crippen molar-refractivity contribution >= 4 is 5.82 Å². The quantitative estimate of drug-likeness (QED) is 0.604. The van der Waals surface area contributed by atoms with Crippen molar-refractivity contribution in [1.82, 2.24) is 9.78 Å². The lowest BCUT2D eigenvalue weighted by molar-refractivity contribution is 0.412. The standard InChI is InChI=1S/C8H13N3O/c1-5-3-6(2)11-7(9-5)4-8(12)10-11/h4-6,9H,3H2,1-2H3,(H,10,12). The van der Waals surface area contributed by atoms with Crippen LogP contribution in [0.4, 0.5) is 5.82 Å². The molecule has 4 nitrogen and oxygen atoms in total. The Morgan fingerprint density at radius 1 is 1.58 bits per heavy atom. The van der Waals surface area contributed by atoms with Crippen LogP contribution in [-0.4, -0.2) is 15.8 Å². The second-order valence-corrected chi connectivity index (χ2v) is 3.51. The van der Waals surface area contributed by atoms with E-state index in [2.05, 4.69) is 24.3 Å². The summed E-state index contributed by atoms with van der Waals surface area (Å²) in [5.41, 5.74) is -0.0292. The second kappa shape index (κ2) is 2.40. The van der Waals surface area contributed by atoms with Gasteiger partial charge < -0.3 is 5.32 Å². The molecule has 0 amide bonds. The van der Waals surface area contributed by atoms with E-state index in [4.69, 9.17) is 0 Å². The Kier molecular flexibility index (Phi) is 1.49. The molecule has 1 aromatic heterocycles. The number of nitrogens with one attached hydrogen (secondary N) is 2. The van der Waals surface area contributed by atoms with Crippen molar-refractivity contribution in [3.05, 3.63) is 16.4 Å². The maximum atomic E-state index is 11.0. The maximum Gasteiger partial charge on any atom is 0.266 e. The molecule has 2 rings (SSSR count). The van der Waals surface area contributed by atoms with Crippen molar-refractivity contribution in [3.8, 4) is 0 Å². The average molecular weight is 167 g/mol. The topological polar surface area (TPSA) is 49.8 Å². The monoisotopic (exact) mass is 167 g/mol. The summed E-state index contributed by atoms with van der Waals surface area (Å²) in [6.07, 6.45) is 1.05. The van der Waals surface area contributed by atoms with E-state index in [1.54, 1.807) is 6.07 Å². The zero-order valence-corrected chi connectivity index (χ0v) is 7.29. The number of H-pyrrole nitrogens is 1. The number of hydrogen-bond acceptors (Lipinski definition) is 2. The first-order valence-corrected chi connectivity index (χ1v) is 4.25. The molecule has 0 fully saturated rings. The molecule has 2 atom stereocenters. The molecule has 0 bridgehead atoms. The normalized spacial score (nSPS) is 27.8. The Bertz CT molecular complexity index is 338. The largest absolute Gasteiger partial charge is 0.368 e. The van der Waals surface area contributed by atoms with Crippen LogP contribution in [-0.2, 0) is 0 Å². The SMILES string of the molecule is CC1CC(C)n2[nH]c(=O)cc2N1. The van der Waals surface area contributed by atoms with E-state index in [9.17, 15) is 4.79 Å². The summed E-state index contributed by atoms with van der Waals surface area (Å²) < 4.78 is 1.89. The Balaban J connectivity index is 2.46. The molecule has 4 heteroatoms. The van der Waals surface area contributed by atoms with E-state index < -0.39 is 0 Å². The third-order valence-electron chi connectivity index (χ3n) is 2.29. The molecule has 0 aromatic carbocycles. The lowest BCUT2D eigenvalue weighted by Crippen LogP contribution is -2.28. The first kappa shape index (κ1) is 7.46. The Morgan fingerprint density at radius 3 is 3.08 bits per heavy atom. The molecule has 2 heterocycles. The summed E-state index contributed by atoms with van der Waals surface area (Å²) in [4.78, 5) is 11.0. The fourth-order valence-electron chi connectivity index (χ4n) is 1.79. The molecule has 66 valence electrons. The second-order valence-electron chi connectivity index (χ2n) is 3.51. The van der Waals surface area contributed by atoms with Crippen LogP contribution in [0.1, 0.15) is 26.3 Å². The number of fused-ring (bicyclic) bond motifs is 1. The van der Waals surface area contributed by atoms with Crippen molar-refractivity contribution < 1.29 is 0 Å². The number of anilines is 1. The fourth-order valence-corrected chi connectivity index (χ4v) is 1.79. The van der Waals surface area contributed by atoms with Gasteiger partial charge in [0.2, 0.25) is 0 Å². The number of nitrogens with zero attached hydrogens (tertiary/aromatic N) is 1. The summed E-state index contributed by atoms with van der Waals surface area (Å²) in [5.74, 6) is 0.909. The molecule has 0 spiro atoms. The summed E-state index contributed by atoms with van der Waals surface area (Å²) in [7, 11) is 0. The van der Waals surface area contributed by atoms with E-state index >= 15 is 0 Å². The molecule has 1 aliphatic rings. The van der Waals surface area contributed by atoms with Crippen LogP contribution >= 0.6 is 0 Å². The van der Waals surface area contributed by atoms with Gasteiger partial charge in [-0.25, -0.2) is 0 Å². The Labute approximate surface area is 70.6 Å². The highest BCUT2D eigenvalue weighted by atomic mass is 16.1. The van der Waals surface area contributed by atoms with E-state index in [0.717, 1.165) is 12.2 Å². The lowest BCUT2D eigenvalue weighted by atomic mass is 10.1. The number of aromatic amines is 1. The van der Waals surface area contributed by atoms with Crippen molar-refractivity contribution in [2.45, 2.75) is 32.4 Å². The van der Waals surface area contributed by atoms with Gasteiger partial charge in [-0.05, 0) is 20.3 Å². The minimum atomic E-state index is -0.0292. The van der Waals surface area contributed by atoms with Crippen LogP contribution in [0.5, 0.6) is 0 Å². The van der Waals surface area contributed by atoms with Crippen LogP contribution in [0.25, 0.3) is 0 Å². The summed E-state index contributed by atoms with van der Waals surface area (Å²) in [6.45, 7) is 4.23. The first-order valence-electron chi connectivity index (χ1n) is 4.25. The molecule has 2 unspecified atom stereocenters. The summed E-state index contributed by atoms with van der Waals surface area (Å²) in [5, 5.41) is 6.01. The molecule has 0 saturated heterocycles. The average Bonchev–Trinajstić information content (AvgIpc) is 2.29. The highest BCUT2D eigenvalue weighted by Gasteiger charge is 2.20.